The fraction of sp³-hybridized carbons (Fsp3) is 0.556. The van der Waals surface area contributed by atoms with Crippen LogP contribution < -0.4 is 4.90 Å². The van der Waals surface area contributed by atoms with Gasteiger partial charge in [0, 0.05) is 31.1 Å². The van der Waals surface area contributed by atoms with E-state index in [1.165, 1.54) is 24.8 Å². The monoisotopic (exact) mass is 313 g/mol. The van der Waals surface area contributed by atoms with Gasteiger partial charge in [-0.3, -0.25) is 0 Å². The van der Waals surface area contributed by atoms with Crippen molar-refractivity contribution in [3.63, 3.8) is 0 Å². The molecule has 2 aromatic rings. The first-order chi connectivity index (χ1) is 11.3. The highest BCUT2D eigenvalue weighted by atomic mass is 16.5. The Hall–Kier alpha value is -1.88. The molecule has 0 amide bonds. The number of fused-ring (bicyclic) bond motifs is 1. The van der Waals surface area contributed by atoms with Gasteiger partial charge in [0.05, 0.1) is 18.4 Å². The molecule has 1 saturated carbocycles. The molecule has 23 heavy (non-hydrogen) atoms. The molecule has 5 heteroatoms. The lowest BCUT2D eigenvalue weighted by Crippen LogP contribution is -2.45. The van der Waals surface area contributed by atoms with Crippen molar-refractivity contribution in [2.75, 3.05) is 18.1 Å². The number of hydrogen-bond donors (Lipinski definition) is 0. The van der Waals surface area contributed by atoms with E-state index in [9.17, 15) is 0 Å². The predicted octanol–water partition coefficient (Wildman–Crippen LogP) is 3.34. The third-order valence-corrected chi connectivity index (χ3v) is 5.37. The molecule has 3 heterocycles. The van der Waals surface area contributed by atoms with Crippen molar-refractivity contribution in [3.05, 3.63) is 42.1 Å². The van der Waals surface area contributed by atoms with Crippen LogP contribution in [0.3, 0.4) is 0 Å². The summed E-state index contributed by atoms with van der Waals surface area (Å²) in [6, 6.07) is 3.89. The summed E-state index contributed by atoms with van der Waals surface area (Å²) in [7, 11) is 0. The van der Waals surface area contributed by atoms with Gasteiger partial charge in [-0.1, -0.05) is 6.42 Å². The van der Waals surface area contributed by atoms with E-state index in [0.29, 0.717) is 5.92 Å². The third-order valence-electron chi connectivity index (χ3n) is 5.37. The van der Waals surface area contributed by atoms with E-state index >= 15 is 0 Å². The summed E-state index contributed by atoms with van der Waals surface area (Å²) in [6.45, 7) is 4.50. The topological polar surface area (TPSA) is 51.4 Å². The highest BCUT2D eigenvalue weighted by molar-refractivity contribution is 5.33. The van der Waals surface area contributed by atoms with Gasteiger partial charge in [-0.15, -0.1) is 0 Å². The molecule has 0 N–H and O–H groups in total. The van der Waals surface area contributed by atoms with E-state index < -0.39 is 0 Å². The zero-order valence-electron chi connectivity index (χ0n) is 13.6. The first-order valence-electron chi connectivity index (χ1n) is 8.46. The van der Waals surface area contributed by atoms with Crippen molar-refractivity contribution in [3.8, 4) is 0 Å². The van der Waals surface area contributed by atoms with Gasteiger partial charge in [0.1, 0.15) is 5.76 Å². The third kappa shape index (κ3) is 2.74. The number of aromatic nitrogens is 2. The first kappa shape index (κ1) is 14.7. The van der Waals surface area contributed by atoms with Crippen LogP contribution in [0.1, 0.15) is 37.0 Å². The Bertz CT molecular complexity index is 645. The van der Waals surface area contributed by atoms with Crippen LogP contribution in [-0.2, 0) is 11.3 Å². The van der Waals surface area contributed by atoms with Crippen molar-refractivity contribution < 1.29 is 9.15 Å². The minimum atomic E-state index is -0.0170. The molecule has 1 saturated heterocycles. The second kappa shape index (κ2) is 5.96. The lowest BCUT2D eigenvalue weighted by atomic mass is 9.90. The van der Waals surface area contributed by atoms with Gasteiger partial charge < -0.3 is 14.1 Å². The summed E-state index contributed by atoms with van der Waals surface area (Å²) < 4.78 is 11.7. The summed E-state index contributed by atoms with van der Waals surface area (Å²) in [5.41, 5.74) is 1.16. The van der Waals surface area contributed by atoms with E-state index in [4.69, 9.17) is 9.15 Å². The number of ether oxygens (including phenoxy) is 1. The first-order valence-corrected chi connectivity index (χ1v) is 8.46. The van der Waals surface area contributed by atoms with Gasteiger partial charge >= 0.3 is 0 Å². The Morgan fingerprint density at radius 2 is 2.17 bits per heavy atom. The van der Waals surface area contributed by atoms with Crippen LogP contribution in [0.15, 0.2) is 35.2 Å². The second-order valence-electron chi connectivity index (χ2n) is 6.70. The summed E-state index contributed by atoms with van der Waals surface area (Å²) in [5, 5.41) is 0. The van der Waals surface area contributed by atoms with E-state index in [1.807, 2.05) is 19.1 Å². The largest absolute Gasteiger partial charge is 0.469 e. The van der Waals surface area contributed by atoms with Crippen molar-refractivity contribution in [2.45, 2.75) is 44.8 Å². The number of anilines is 1. The molecule has 122 valence electrons. The van der Waals surface area contributed by atoms with Crippen LogP contribution in [0, 0.1) is 12.8 Å². The molecule has 1 aliphatic carbocycles. The number of nitrogens with zero attached hydrogens (tertiary/aromatic N) is 3. The molecule has 2 aliphatic rings. The normalized spacial score (nSPS) is 26.4. The summed E-state index contributed by atoms with van der Waals surface area (Å²) >= 11 is 0. The molecule has 0 bridgehead atoms. The Kier molecular flexibility index (Phi) is 3.81. The van der Waals surface area contributed by atoms with Crippen LogP contribution in [0.5, 0.6) is 0 Å². The minimum absolute atomic E-state index is 0.0170. The molecule has 2 aromatic heterocycles. The standard InChI is InChI=1S/C18H23N3O2/c1-14-15(5-10-22-14)12-21(17-19-8-3-9-20-17)13-18-7-2-4-16(18)6-11-23-18/h3,5,8-10,16H,2,4,6-7,11-13H2,1H3/t16-,18+/m0/s1. The molecule has 2 atom stereocenters. The summed E-state index contributed by atoms with van der Waals surface area (Å²) in [4.78, 5) is 11.2. The van der Waals surface area contributed by atoms with E-state index in [-0.39, 0.29) is 5.60 Å². The maximum absolute atomic E-state index is 6.25. The Morgan fingerprint density at radius 3 is 2.96 bits per heavy atom. The molecule has 0 aromatic carbocycles. The fourth-order valence-corrected chi connectivity index (χ4v) is 4.13. The van der Waals surface area contributed by atoms with Crippen LogP contribution in [-0.4, -0.2) is 28.7 Å². The number of aryl methyl sites for hydroxylation is 1. The molecule has 0 radical (unpaired) electrons. The molecule has 0 unspecified atom stereocenters. The maximum Gasteiger partial charge on any atom is 0.225 e. The Morgan fingerprint density at radius 1 is 1.30 bits per heavy atom. The van der Waals surface area contributed by atoms with E-state index in [2.05, 4.69) is 14.9 Å². The quantitative estimate of drug-likeness (QED) is 0.847. The van der Waals surface area contributed by atoms with Crippen molar-refractivity contribution >= 4 is 5.95 Å². The molecule has 4 rings (SSSR count). The van der Waals surface area contributed by atoms with Crippen LogP contribution in [0.4, 0.5) is 5.95 Å². The average molecular weight is 313 g/mol. The minimum Gasteiger partial charge on any atom is -0.469 e. The maximum atomic E-state index is 6.25. The van der Waals surface area contributed by atoms with Crippen LogP contribution in [0.25, 0.3) is 0 Å². The summed E-state index contributed by atoms with van der Waals surface area (Å²) in [6.07, 6.45) is 10.2. The van der Waals surface area contributed by atoms with Crippen molar-refractivity contribution in [2.24, 2.45) is 5.92 Å². The summed E-state index contributed by atoms with van der Waals surface area (Å²) in [5.74, 6) is 2.40. The second-order valence-corrected chi connectivity index (χ2v) is 6.70. The number of hydrogen-bond acceptors (Lipinski definition) is 5. The van der Waals surface area contributed by atoms with Gasteiger partial charge in [-0.05, 0) is 44.2 Å². The fourth-order valence-electron chi connectivity index (χ4n) is 4.13. The van der Waals surface area contributed by atoms with Gasteiger partial charge in [0.2, 0.25) is 5.95 Å². The highest BCUT2D eigenvalue weighted by Crippen LogP contribution is 2.46. The lowest BCUT2D eigenvalue weighted by Gasteiger charge is -2.35. The molecule has 0 spiro atoms. The molecule has 2 fully saturated rings. The highest BCUT2D eigenvalue weighted by Gasteiger charge is 2.48. The lowest BCUT2D eigenvalue weighted by molar-refractivity contribution is -0.00224. The predicted molar refractivity (Wildman–Crippen MR) is 87.2 cm³/mol. The van der Waals surface area contributed by atoms with Gasteiger partial charge in [-0.2, -0.15) is 0 Å². The molecular formula is C18H23N3O2. The molecular weight excluding hydrogens is 290 g/mol. The molecule has 5 nitrogen and oxygen atoms in total. The molecule has 1 aliphatic heterocycles. The Balaban J connectivity index is 1.61. The van der Waals surface area contributed by atoms with Gasteiger partial charge in [0.25, 0.3) is 0 Å². The van der Waals surface area contributed by atoms with Crippen LogP contribution in [0.2, 0.25) is 0 Å². The van der Waals surface area contributed by atoms with E-state index in [1.54, 1.807) is 18.7 Å². The zero-order chi connectivity index (χ0) is 15.7. The van der Waals surface area contributed by atoms with Gasteiger partial charge in [-0.25, -0.2) is 9.97 Å². The van der Waals surface area contributed by atoms with E-state index in [0.717, 1.165) is 37.8 Å². The van der Waals surface area contributed by atoms with Gasteiger partial charge in [0.15, 0.2) is 0 Å². The Labute approximate surface area is 136 Å². The smallest absolute Gasteiger partial charge is 0.225 e. The SMILES string of the molecule is Cc1occc1CN(C[C@]12CCC[C@H]1CCO2)c1ncccn1. The number of furan rings is 1. The zero-order valence-corrected chi connectivity index (χ0v) is 13.6. The average Bonchev–Trinajstić information content (AvgIpc) is 3.24. The van der Waals surface area contributed by atoms with Crippen molar-refractivity contribution in [1.29, 1.82) is 0 Å². The van der Waals surface area contributed by atoms with Crippen molar-refractivity contribution in [1.82, 2.24) is 9.97 Å². The van der Waals surface area contributed by atoms with Crippen LogP contribution >= 0.6 is 0 Å². The number of rotatable bonds is 5.